The van der Waals surface area contributed by atoms with Gasteiger partial charge in [-0.05, 0) is 24.2 Å². The number of Topliss-reactive ketones (excluding diaryl/α,β-unsaturated/α-hetero) is 1. The molecule has 0 aromatic carbocycles. The second-order valence-corrected chi connectivity index (χ2v) is 4.92. The van der Waals surface area contributed by atoms with Gasteiger partial charge in [0.2, 0.25) is 0 Å². The van der Waals surface area contributed by atoms with Gasteiger partial charge in [0.1, 0.15) is 5.78 Å². The van der Waals surface area contributed by atoms with E-state index in [0.29, 0.717) is 11.7 Å². The summed E-state index contributed by atoms with van der Waals surface area (Å²) in [6.45, 7) is 6.67. The Bertz CT molecular complexity index is 222. The van der Waals surface area contributed by atoms with E-state index in [1.54, 1.807) is 0 Å². The molecule has 2 aliphatic rings. The number of ketones is 1. The second kappa shape index (κ2) is 2.77. The minimum absolute atomic E-state index is 0. The van der Waals surface area contributed by atoms with Crippen molar-refractivity contribution in [2.24, 2.45) is 16.7 Å². The van der Waals surface area contributed by atoms with Crippen LogP contribution in [0.2, 0.25) is 0 Å². The fourth-order valence-electron chi connectivity index (χ4n) is 2.90. The van der Waals surface area contributed by atoms with Crippen LogP contribution in [0.5, 0.6) is 0 Å². The summed E-state index contributed by atoms with van der Waals surface area (Å²) >= 11 is 0. The van der Waals surface area contributed by atoms with E-state index in [9.17, 15) is 4.79 Å². The molecule has 2 heteroatoms. The zero-order chi connectivity index (χ0) is 8.28. The Morgan fingerprint density at radius 1 is 1.33 bits per heavy atom. The van der Waals surface area contributed by atoms with Gasteiger partial charge in [0.25, 0.3) is 0 Å². The first-order valence-electron chi connectivity index (χ1n) is 4.52. The van der Waals surface area contributed by atoms with Crippen LogP contribution in [0.15, 0.2) is 0 Å². The molecule has 2 atom stereocenters. The molecule has 2 bridgehead atoms. The van der Waals surface area contributed by atoms with Crippen LogP contribution in [0.1, 0.15) is 40.0 Å². The standard InChI is InChI=1S/C10H16O.Bi/c1-9(2)7-4-5-10(9,3)8(11)6-7;/h7H,4-6H2,1-3H3;. The molecule has 2 aliphatic carbocycles. The maximum Gasteiger partial charge on any atom is 0.139 e. The van der Waals surface area contributed by atoms with Crippen molar-refractivity contribution in [1.29, 1.82) is 0 Å². The molecule has 3 radical (unpaired) electrons. The first-order valence-corrected chi connectivity index (χ1v) is 4.52. The first-order chi connectivity index (χ1) is 4.98. The van der Waals surface area contributed by atoms with E-state index in [0.717, 1.165) is 12.8 Å². The van der Waals surface area contributed by atoms with Gasteiger partial charge in [0, 0.05) is 38.0 Å². The Hall–Kier alpha value is 0.553. The number of fused-ring (bicyclic) bond motifs is 2. The molecule has 0 aromatic heterocycles. The molecule has 2 unspecified atom stereocenters. The fraction of sp³-hybridized carbons (Fsp3) is 0.900. The number of carbonyl (C=O) groups is 1. The summed E-state index contributed by atoms with van der Waals surface area (Å²) in [6, 6.07) is 0. The van der Waals surface area contributed by atoms with Crippen molar-refractivity contribution in [1.82, 2.24) is 0 Å². The normalized spacial score (nSPS) is 42.9. The molecule has 0 amide bonds. The largest absolute Gasteiger partial charge is 0.299 e. The average Bonchev–Trinajstić information content (AvgIpc) is 2.20. The minimum atomic E-state index is 0. The number of rotatable bonds is 0. The summed E-state index contributed by atoms with van der Waals surface area (Å²) in [6.07, 6.45) is 3.25. The van der Waals surface area contributed by atoms with Crippen LogP contribution in [-0.2, 0) is 4.79 Å². The van der Waals surface area contributed by atoms with Crippen molar-refractivity contribution in [2.75, 3.05) is 0 Å². The van der Waals surface area contributed by atoms with Crippen molar-refractivity contribution in [2.45, 2.75) is 40.0 Å². The van der Waals surface area contributed by atoms with Gasteiger partial charge in [-0.15, -0.1) is 0 Å². The zero-order valence-electron chi connectivity index (χ0n) is 8.05. The van der Waals surface area contributed by atoms with Crippen LogP contribution >= 0.6 is 0 Å². The van der Waals surface area contributed by atoms with E-state index in [1.807, 2.05) is 0 Å². The summed E-state index contributed by atoms with van der Waals surface area (Å²) in [5.74, 6) is 1.19. The summed E-state index contributed by atoms with van der Waals surface area (Å²) in [5, 5.41) is 0. The molecule has 2 saturated carbocycles. The number of hydrogen-bond acceptors (Lipinski definition) is 1. The molecule has 0 heterocycles. The first kappa shape index (κ1) is 10.6. The molecule has 67 valence electrons. The molecule has 12 heavy (non-hydrogen) atoms. The van der Waals surface area contributed by atoms with E-state index >= 15 is 0 Å². The van der Waals surface area contributed by atoms with Gasteiger partial charge in [-0.2, -0.15) is 0 Å². The van der Waals surface area contributed by atoms with E-state index in [4.69, 9.17) is 0 Å². The Morgan fingerprint density at radius 2 is 1.92 bits per heavy atom. The van der Waals surface area contributed by atoms with Crippen LogP contribution in [0.25, 0.3) is 0 Å². The average molecular weight is 361 g/mol. The van der Waals surface area contributed by atoms with Crippen LogP contribution in [0.4, 0.5) is 0 Å². The molecule has 0 N–H and O–H groups in total. The summed E-state index contributed by atoms with van der Waals surface area (Å²) in [7, 11) is 0. The molecule has 0 spiro atoms. The van der Waals surface area contributed by atoms with E-state index in [1.165, 1.54) is 6.42 Å². The predicted octanol–water partition coefficient (Wildman–Crippen LogP) is 2.02. The molecule has 0 aromatic rings. The van der Waals surface area contributed by atoms with Crippen LogP contribution in [0.3, 0.4) is 0 Å². The SMILES string of the molecule is CC12CCC(CC1=O)C2(C)C.[Bi]. The van der Waals surface area contributed by atoms with Gasteiger partial charge >= 0.3 is 0 Å². The van der Waals surface area contributed by atoms with Crippen LogP contribution in [-0.4, -0.2) is 32.0 Å². The van der Waals surface area contributed by atoms with Gasteiger partial charge in [-0.1, -0.05) is 20.8 Å². The summed E-state index contributed by atoms with van der Waals surface area (Å²) < 4.78 is 0. The summed E-state index contributed by atoms with van der Waals surface area (Å²) in [5.41, 5.74) is 0.307. The van der Waals surface area contributed by atoms with Crippen molar-refractivity contribution in [3.8, 4) is 0 Å². The number of hydrogen-bond donors (Lipinski definition) is 0. The Morgan fingerprint density at radius 3 is 2.08 bits per heavy atom. The third-order valence-corrected chi connectivity index (χ3v) is 4.48. The number of carbonyl (C=O) groups excluding carboxylic acids is 1. The van der Waals surface area contributed by atoms with Crippen molar-refractivity contribution >= 4 is 32.0 Å². The van der Waals surface area contributed by atoms with E-state index in [-0.39, 0.29) is 37.0 Å². The molecule has 0 saturated heterocycles. The van der Waals surface area contributed by atoms with Crippen LogP contribution in [0, 0.1) is 16.7 Å². The Balaban J connectivity index is 0.000000720. The molecular formula is C10H16BiO. The monoisotopic (exact) mass is 361 g/mol. The van der Waals surface area contributed by atoms with Crippen LogP contribution < -0.4 is 0 Å². The minimum Gasteiger partial charge on any atom is -0.299 e. The van der Waals surface area contributed by atoms with Gasteiger partial charge in [-0.3, -0.25) is 4.79 Å². The van der Waals surface area contributed by atoms with Crippen molar-refractivity contribution < 1.29 is 4.79 Å². The quantitative estimate of drug-likeness (QED) is 0.604. The molecule has 0 aliphatic heterocycles. The maximum absolute atomic E-state index is 11.6. The van der Waals surface area contributed by atoms with Crippen molar-refractivity contribution in [3.63, 3.8) is 0 Å². The molecule has 2 fully saturated rings. The topological polar surface area (TPSA) is 17.1 Å². The Kier molecular flexibility index (Phi) is 2.45. The molecular weight excluding hydrogens is 345 g/mol. The zero-order valence-corrected chi connectivity index (χ0v) is 11.5. The van der Waals surface area contributed by atoms with Gasteiger partial charge in [0.15, 0.2) is 0 Å². The maximum atomic E-state index is 11.6. The van der Waals surface area contributed by atoms with Gasteiger partial charge < -0.3 is 0 Å². The third kappa shape index (κ3) is 0.967. The second-order valence-electron chi connectivity index (χ2n) is 4.92. The third-order valence-electron chi connectivity index (χ3n) is 4.48. The smallest absolute Gasteiger partial charge is 0.139 e. The van der Waals surface area contributed by atoms with Crippen molar-refractivity contribution in [3.05, 3.63) is 0 Å². The van der Waals surface area contributed by atoms with Gasteiger partial charge in [0.05, 0.1) is 0 Å². The Labute approximate surface area is 93.4 Å². The molecule has 2 rings (SSSR count). The molecule has 1 nitrogen and oxygen atoms in total. The summed E-state index contributed by atoms with van der Waals surface area (Å²) in [4.78, 5) is 11.6. The van der Waals surface area contributed by atoms with E-state index < -0.39 is 0 Å². The fourth-order valence-corrected chi connectivity index (χ4v) is 2.90. The van der Waals surface area contributed by atoms with E-state index in [2.05, 4.69) is 20.8 Å². The van der Waals surface area contributed by atoms with Gasteiger partial charge in [-0.25, -0.2) is 0 Å². The predicted molar refractivity (Wildman–Crippen MR) is 50.0 cm³/mol.